The summed E-state index contributed by atoms with van der Waals surface area (Å²) in [6.07, 6.45) is 1.76. The first-order valence-corrected chi connectivity index (χ1v) is 3.12. The maximum absolute atomic E-state index is 10.9. The highest BCUT2D eigenvalue weighted by molar-refractivity contribution is 5.90. The number of hydrogen-bond acceptors (Lipinski definition) is 3. The molecule has 0 atom stereocenters. The molecule has 0 aliphatic heterocycles. The maximum atomic E-state index is 10.9. The number of amides is 1. The van der Waals surface area contributed by atoms with Crippen LogP contribution in [0.15, 0.2) is 17.2 Å². The fraction of sp³-hybridized carbons (Fsp3) is 0.167. The van der Waals surface area contributed by atoms with Gasteiger partial charge in [-0.15, -0.1) is 0 Å². The topological polar surface area (TPSA) is 92.0 Å². The second kappa shape index (κ2) is 2.65. The molecular formula is C6H7N3O3. The van der Waals surface area contributed by atoms with Crippen LogP contribution in [0.5, 0.6) is 0 Å². The predicted molar refractivity (Wildman–Crippen MR) is 39.2 cm³/mol. The molecule has 1 aromatic rings. The van der Waals surface area contributed by atoms with Gasteiger partial charge < -0.3 is 10.9 Å². The third-order valence-corrected chi connectivity index (χ3v) is 1.43. The summed E-state index contributed by atoms with van der Waals surface area (Å²) in [6.45, 7) is 0. The lowest BCUT2D eigenvalue weighted by molar-refractivity contribution is -0.607. The molecule has 6 nitrogen and oxygen atoms in total. The monoisotopic (exact) mass is 169 g/mol. The Hall–Kier alpha value is -1.85. The van der Waals surface area contributed by atoms with Gasteiger partial charge in [0.25, 0.3) is 5.91 Å². The number of rotatable bonds is 1. The van der Waals surface area contributed by atoms with Crippen LogP contribution in [0.2, 0.25) is 0 Å². The summed E-state index contributed by atoms with van der Waals surface area (Å²) >= 11 is 0. The van der Waals surface area contributed by atoms with Gasteiger partial charge >= 0.3 is 5.56 Å². The third kappa shape index (κ3) is 1.26. The molecule has 12 heavy (non-hydrogen) atoms. The zero-order valence-electron chi connectivity index (χ0n) is 6.35. The first-order chi connectivity index (χ1) is 5.52. The van der Waals surface area contributed by atoms with Crippen molar-refractivity contribution in [3.63, 3.8) is 0 Å². The minimum absolute atomic E-state index is 0.113. The van der Waals surface area contributed by atoms with E-state index in [0.717, 1.165) is 17.0 Å². The standard InChI is InChI=1S/C6H7N3O3/c1-8-4(6(7)11)2-9(12)3-5(8)10/h2-3H,1H3,(H2,7,11). The van der Waals surface area contributed by atoms with E-state index in [0.29, 0.717) is 0 Å². The first kappa shape index (κ1) is 8.25. The van der Waals surface area contributed by atoms with E-state index >= 15 is 0 Å². The van der Waals surface area contributed by atoms with Gasteiger partial charge in [0.1, 0.15) is 0 Å². The molecule has 1 rings (SSSR count). The quantitative estimate of drug-likeness (QED) is 0.394. The smallest absolute Gasteiger partial charge is 0.316 e. The highest BCUT2D eigenvalue weighted by Gasteiger charge is 2.10. The number of carbonyl (C=O) groups is 1. The minimum atomic E-state index is -0.806. The highest BCUT2D eigenvalue weighted by atomic mass is 16.5. The summed E-state index contributed by atoms with van der Waals surface area (Å²) in [5, 5.41) is 10.7. The molecule has 0 aliphatic carbocycles. The lowest BCUT2D eigenvalue weighted by atomic mass is 10.4. The SMILES string of the molecule is Cn1c(C(N)=O)c[n+]([O-])cc1=O. The molecule has 64 valence electrons. The molecule has 0 aliphatic rings. The molecule has 0 unspecified atom stereocenters. The van der Waals surface area contributed by atoms with E-state index in [2.05, 4.69) is 0 Å². The van der Waals surface area contributed by atoms with Crippen LogP contribution < -0.4 is 16.0 Å². The van der Waals surface area contributed by atoms with E-state index in [9.17, 15) is 14.8 Å². The molecule has 6 heteroatoms. The second-order valence-electron chi connectivity index (χ2n) is 2.26. The fourth-order valence-corrected chi connectivity index (χ4v) is 0.787. The van der Waals surface area contributed by atoms with Crippen molar-refractivity contribution in [3.8, 4) is 0 Å². The van der Waals surface area contributed by atoms with Gasteiger partial charge in [-0.05, 0) is 0 Å². The lowest BCUT2D eigenvalue weighted by Gasteiger charge is -2.02. The van der Waals surface area contributed by atoms with Crippen molar-refractivity contribution in [2.24, 2.45) is 12.8 Å². The molecule has 0 saturated heterocycles. The van der Waals surface area contributed by atoms with Gasteiger partial charge in [0.15, 0.2) is 5.69 Å². The zero-order valence-corrected chi connectivity index (χ0v) is 6.35. The van der Waals surface area contributed by atoms with Crippen LogP contribution in [-0.4, -0.2) is 10.5 Å². The average Bonchev–Trinajstić information content (AvgIpc) is 1.96. The molecule has 0 spiro atoms. The van der Waals surface area contributed by atoms with Gasteiger partial charge in [-0.1, -0.05) is 0 Å². The molecular weight excluding hydrogens is 162 g/mol. The van der Waals surface area contributed by atoms with E-state index in [1.54, 1.807) is 0 Å². The van der Waals surface area contributed by atoms with Crippen LogP contribution in [-0.2, 0) is 7.05 Å². The number of hydrogen-bond donors (Lipinski definition) is 1. The normalized spacial score (nSPS) is 9.75. The molecule has 0 aromatic carbocycles. The Balaban J connectivity index is 3.48. The summed E-state index contributed by atoms with van der Waals surface area (Å²) < 4.78 is 1.26. The molecule has 0 saturated carbocycles. The third-order valence-electron chi connectivity index (χ3n) is 1.43. The number of aromatic nitrogens is 2. The van der Waals surface area contributed by atoms with Gasteiger partial charge in [0.05, 0.1) is 0 Å². The Bertz CT molecular complexity index is 382. The fourth-order valence-electron chi connectivity index (χ4n) is 0.787. The van der Waals surface area contributed by atoms with E-state index in [-0.39, 0.29) is 10.4 Å². The van der Waals surface area contributed by atoms with Crippen LogP contribution in [0, 0.1) is 5.21 Å². The van der Waals surface area contributed by atoms with Gasteiger partial charge in [0, 0.05) is 7.05 Å². The van der Waals surface area contributed by atoms with E-state index in [1.165, 1.54) is 7.05 Å². The van der Waals surface area contributed by atoms with Crippen LogP contribution in [0.3, 0.4) is 0 Å². The van der Waals surface area contributed by atoms with E-state index in [4.69, 9.17) is 5.73 Å². The summed E-state index contributed by atoms with van der Waals surface area (Å²) in [7, 11) is 1.36. The van der Waals surface area contributed by atoms with Gasteiger partial charge in [-0.3, -0.25) is 14.2 Å². The second-order valence-corrected chi connectivity index (χ2v) is 2.26. The number of nitrogens with zero attached hydrogens (tertiary/aromatic N) is 2. The highest BCUT2D eigenvalue weighted by Crippen LogP contribution is 1.86. The zero-order chi connectivity index (χ0) is 9.30. The van der Waals surface area contributed by atoms with Crippen molar-refractivity contribution in [1.82, 2.24) is 4.57 Å². The maximum Gasteiger partial charge on any atom is 0.316 e. The van der Waals surface area contributed by atoms with Crippen LogP contribution in [0.25, 0.3) is 0 Å². The summed E-state index contributed by atoms with van der Waals surface area (Å²) in [5.41, 5.74) is 4.22. The van der Waals surface area contributed by atoms with Gasteiger partial charge in [-0.25, -0.2) is 0 Å². The van der Waals surface area contributed by atoms with Gasteiger partial charge in [0.2, 0.25) is 12.4 Å². The van der Waals surface area contributed by atoms with Crippen molar-refractivity contribution in [1.29, 1.82) is 0 Å². The average molecular weight is 169 g/mol. The van der Waals surface area contributed by atoms with Crippen LogP contribution in [0.4, 0.5) is 0 Å². The molecule has 0 bridgehead atoms. The van der Waals surface area contributed by atoms with E-state index < -0.39 is 11.5 Å². The molecule has 0 radical (unpaired) electrons. The van der Waals surface area contributed by atoms with Crippen molar-refractivity contribution >= 4 is 5.91 Å². The summed E-state index contributed by atoms with van der Waals surface area (Å²) in [6, 6.07) is 0. The lowest BCUT2D eigenvalue weighted by Crippen LogP contribution is -2.38. The minimum Gasteiger partial charge on any atom is -0.618 e. The van der Waals surface area contributed by atoms with Crippen molar-refractivity contribution in [2.75, 3.05) is 0 Å². The van der Waals surface area contributed by atoms with Crippen molar-refractivity contribution in [2.45, 2.75) is 0 Å². The Morgan fingerprint density at radius 1 is 1.67 bits per heavy atom. The van der Waals surface area contributed by atoms with Gasteiger partial charge in [-0.2, -0.15) is 4.73 Å². The van der Waals surface area contributed by atoms with Crippen LogP contribution >= 0.6 is 0 Å². The number of nitrogens with two attached hydrogens (primary N) is 1. The Morgan fingerprint density at radius 3 is 2.75 bits per heavy atom. The number of carbonyl (C=O) groups excluding carboxylic acids is 1. The number of primary amides is 1. The summed E-state index contributed by atoms with van der Waals surface area (Å²) in [5.74, 6) is -0.806. The Morgan fingerprint density at radius 2 is 2.25 bits per heavy atom. The van der Waals surface area contributed by atoms with Crippen LogP contribution in [0.1, 0.15) is 10.5 Å². The van der Waals surface area contributed by atoms with Crippen molar-refractivity contribution < 1.29 is 9.52 Å². The largest absolute Gasteiger partial charge is 0.618 e. The molecule has 1 aromatic heterocycles. The molecule has 0 fully saturated rings. The van der Waals surface area contributed by atoms with E-state index in [1.807, 2.05) is 0 Å². The molecule has 1 amide bonds. The Labute approximate surface area is 67.4 Å². The van der Waals surface area contributed by atoms with Crippen molar-refractivity contribution in [3.05, 3.63) is 33.6 Å². The predicted octanol–water partition coefficient (Wildman–Crippen LogP) is -1.88. The molecule has 2 N–H and O–H groups in total. The first-order valence-electron chi connectivity index (χ1n) is 3.12. The summed E-state index contributed by atoms with van der Waals surface area (Å²) in [4.78, 5) is 21.5. The Kier molecular flexibility index (Phi) is 1.82. The molecule has 1 heterocycles.